The van der Waals surface area contributed by atoms with Gasteiger partial charge < -0.3 is 10.2 Å². The van der Waals surface area contributed by atoms with Crippen LogP contribution in [0.25, 0.3) is 0 Å². The number of benzene rings is 1. The van der Waals surface area contributed by atoms with Crippen LogP contribution < -0.4 is 15.8 Å². The van der Waals surface area contributed by atoms with E-state index in [1.807, 2.05) is 0 Å². The van der Waals surface area contributed by atoms with E-state index in [0.29, 0.717) is 5.56 Å². The molecule has 0 spiro atoms. The summed E-state index contributed by atoms with van der Waals surface area (Å²) in [5.41, 5.74) is 0.707. The quantitative estimate of drug-likeness (QED) is 0.604. The maximum atomic E-state index is 11.9. The predicted molar refractivity (Wildman–Crippen MR) is 92.4 cm³/mol. The Morgan fingerprint density at radius 1 is 1.23 bits per heavy atom. The van der Waals surface area contributed by atoms with E-state index < -0.39 is 10.0 Å². The zero-order valence-electron chi connectivity index (χ0n) is 14.2. The normalized spacial score (nSPS) is 11.0. The number of sulfonamides is 1. The van der Waals surface area contributed by atoms with Crippen LogP contribution in [0.5, 0.6) is 0 Å². The minimum absolute atomic E-state index is 0.000573. The van der Waals surface area contributed by atoms with E-state index in [-0.39, 0.29) is 35.7 Å². The van der Waals surface area contributed by atoms with Gasteiger partial charge in [0.1, 0.15) is 6.54 Å². The summed E-state index contributed by atoms with van der Waals surface area (Å²) in [6, 6.07) is 5.49. The third kappa shape index (κ3) is 5.53. The van der Waals surface area contributed by atoms with Crippen molar-refractivity contribution in [3.63, 3.8) is 0 Å². The molecule has 2 aromatic rings. The molecule has 1 aromatic heterocycles. The van der Waals surface area contributed by atoms with Crippen LogP contribution in [0.3, 0.4) is 0 Å². The molecule has 0 radical (unpaired) electrons. The monoisotopic (exact) mass is 381 g/mol. The van der Waals surface area contributed by atoms with Crippen LogP contribution in [0, 0.1) is 0 Å². The molecule has 11 nitrogen and oxygen atoms in total. The molecule has 1 aromatic carbocycles. The van der Waals surface area contributed by atoms with E-state index in [9.17, 15) is 18.0 Å². The van der Waals surface area contributed by atoms with Crippen molar-refractivity contribution in [3.8, 4) is 0 Å². The predicted octanol–water partition coefficient (Wildman–Crippen LogP) is -0.665. The minimum Gasteiger partial charge on any atom is -0.350 e. The summed E-state index contributed by atoms with van der Waals surface area (Å²) in [5, 5.41) is 18.1. The maximum Gasteiger partial charge on any atom is 0.322 e. The Balaban J connectivity index is 1.85. The van der Waals surface area contributed by atoms with Gasteiger partial charge >= 0.3 is 6.03 Å². The number of aromatic nitrogens is 3. The zero-order valence-corrected chi connectivity index (χ0v) is 15.0. The van der Waals surface area contributed by atoms with E-state index in [2.05, 4.69) is 20.8 Å². The average Bonchev–Trinajstić information content (AvgIpc) is 2.99. The molecule has 0 atom stereocenters. The van der Waals surface area contributed by atoms with Gasteiger partial charge in [0.2, 0.25) is 15.9 Å². The van der Waals surface area contributed by atoms with E-state index in [0.717, 1.165) is 4.80 Å². The number of nitrogens with two attached hydrogens (primary N) is 1. The lowest BCUT2D eigenvalue weighted by molar-refractivity contribution is -0.122. The van der Waals surface area contributed by atoms with Crippen molar-refractivity contribution in [1.29, 1.82) is 0 Å². The lowest BCUT2D eigenvalue weighted by Crippen LogP contribution is -2.29. The Morgan fingerprint density at radius 3 is 2.46 bits per heavy atom. The van der Waals surface area contributed by atoms with Crippen molar-refractivity contribution in [1.82, 2.24) is 25.2 Å². The molecule has 140 valence electrons. The third-order valence-electron chi connectivity index (χ3n) is 3.20. The second kappa shape index (κ2) is 7.93. The fraction of sp³-hybridized carbons (Fsp3) is 0.286. The van der Waals surface area contributed by atoms with E-state index >= 15 is 0 Å². The van der Waals surface area contributed by atoms with Gasteiger partial charge in [-0.15, -0.1) is 5.10 Å². The fourth-order valence-electron chi connectivity index (χ4n) is 1.83. The molecule has 0 aliphatic heterocycles. The highest BCUT2D eigenvalue weighted by atomic mass is 32.2. The molecule has 0 unspecified atom stereocenters. The molecular weight excluding hydrogens is 362 g/mol. The summed E-state index contributed by atoms with van der Waals surface area (Å²) >= 11 is 0. The number of hydrogen-bond donors (Lipinski definition) is 3. The lowest BCUT2D eigenvalue weighted by Gasteiger charge is -2.09. The SMILES string of the molecule is CN(C)C(=O)Nc1cnn(CC(=O)NCc2ccc(S(N)(=O)=O)cc2)n1. The van der Waals surface area contributed by atoms with Gasteiger partial charge in [-0.05, 0) is 17.7 Å². The summed E-state index contributed by atoms with van der Waals surface area (Å²) in [6.45, 7) is 0.0717. The van der Waals surface area contributed by atoms with Crippen LogP contribution in [-0.4, -0.2) is 54.3 Å². The molecule has 26 heavy (non-hydrogen) atoms. The van der Waals surface area contributed by atoms with Gasteiger partial charge in [0.05, 0.1) is 11.1 Å². The fourth-order valence-corrected chi connectivity index (χ4v) is 2.35. The molecular formula is C14H19N7O4S. The summed E-state index contributed by atoms with van der Waals surface area (Å²) in [5.74, 6) is -0.114. The van der Waals surface area contributed by atoms with Crippen LogP contribution in [-0.2, 0) is 27.9 Å². The first-order chi connectivity index (χ1) is 12.1. The standard InChI is InChI=1S/C14H19N7O4S/c1-20(2)14(23)18-12-8-17-21(19-12)9-13(22)16-7-10-3-5-11(6-4-10)26(15,24)25/h3-6,8H,7,9H2,1-2H3,(H,16,22)(H2,15,24,25)(H,18,19,23). The topological polar surface area (TPSA) is 152 Å². The van der Waals surface area contributed by atoms with Crippen molar-refractivity contribution in [2.75, 3.05) is 19.4 Å². The molecule has 12 heteroatoms. The Hall–Kier alpha value is -2.99. The molecule has 3 amide bonds. The molecule has 4 N–H and O–H groups in total. The van der Waals surface area contributed by atoms with E-state index in [4.69, 9.17) is 5.14 Å². The second-order valence-corrected chi connectivity index (χ2v) is 7.11. The van der Waals surface area contributed by atoms with Gasteiger partial charge in [0.15, 0.2) is 5.82 Å². The second-order valence-electron chi connectivity index (χ2n) is 5.55. The van der Waals surface area contributed by atoms with E-state index in [1.165, 1.54) is 23.2 Å². The van der Waals surface area contributed by atoms with Crippen molar-refractivity contribution in [3.05, 3.63) is 36.0 Å². The van der Waals surface area contributed by atoms with Crippen LogP contribution in [0.2, 0.25) is 0 Å². The van der Waals surface area contributed by atoms with Gasteiger partial charge in [0.25, 0.3) is 0 Å². The number of hydrogen-bond acceptors (Lipinski definition) is 6. The minimum atomic E-state index is -3.74. The molecule has 0 fully saturated rings. The molecule has 0 aliphatic rings. The molecule has 0 saturated heterocycles. The smallest absolute Gasteiger partial charge is 0.322 e. The van der Waals surface area contributed by atoms with Crippen molar-refractivity contribution in [2.45, 2.75) is 18.0 Å². The molecule has 2 rings (SSSR count). The van der Waals surface area contributed by atoms with Gasteiger partial charge in [-0.25, -0.2) is 18.4 Å². The molecule has 0 saturated carbocycles. The maximum absolute atomic E-state index is 11.9. The lowest BCUT2D eigenvalue weighted by atomic mass is 10.2. The Labute approximate surface area is 150 Å². The number of nitrogens with one attached hydrogen (secondary N) is 2. The summed E-state index contributed by atoms with van der Waals surface area (Å²) in [7, 11) is -0.572. The average molecular weight is 381 g/mol. The number of nitrogens with zero attached hydrogens (tertiary/aromatic N) is 4. The van der Waals surface area contributed by atoms with Gasteiger partial charge in [0, 0.05) is 20.6 Å². The highest BCUT2D eigenvalue weighted by Gasteiger charge is 2.10. The van der Waals surface area contributed by atoms with Gasteiger partial charge in [-0.3, -0.25) is 10.1 Å². The first-order valence-electron chi connectivity index (χ1n) is 7.42. The highest BCUT2D eigenvalue weighted by molar-refractivity contribution is 7.89. The van der Waals surface area contributed by atoms with Crippen LogP contribution in [0.4, 0.5) is 10.6 Å². The van der Waals surface area contributed by atoms with E-state index in [1.54, 1.807) is 26.2 Å². The number of urea groups is 1. The Morgan fingerprint density at radius 2 is 1.88 bits per heavy atom. The van der Waals surface area contributed by atoms with Crippen LogP contribution in [0.1, 0.15) is 5.56 Å². The largest absolute Gasteiger partial charge is 0.350 e. The summed E-state index contributed by atoms with van der Waals surface area (Å²) in [4.78, 5) is 25.9. The van der Waals surface area contributed by atoms with Crippen molar-refractivity contribution < 1.29 is 18.0 Å². The van der Waals surface area contributed by atoms with Gasteiger partial charge in [-0.2, -0.15) is 9.90 Å². The third-order valence-corrected chi connectivity index (χ3v) is 4.13. The van der Waals surface area contributed by atoms with Crippen LogP contribution >= 0.6 is 0 Å². The number of primary sulfonamides is 1. The van der Waals surface area contributed by atoms with Crippen molar-refractivity contribution >= 4 is 27.8 Å². The van der Waals surface area contributed by atoms with Crippen molar-refractivity contribution in [2.24, 2.45) is 5.14 Å². The highest BCUT2D eigenvalue weighted by Crippen LogP contribution is 2.08. The van der Waals surface area contributed by atoms with Crippen LogP contribution in [0.15, 0.2) is 35.4 Å². The zero-order chi connectivity index (χ0) is 19.3. The first kappa shape index (κ1) is 19.3. The van der Waals surface area contributed by atoms with Gasteiger partial charge in [-0.1, -0.05) is 12.1 Å². The Bertz CT molecular complexity index is 890. The summed E-state index contributed by atoms with van der Waals surface area (Å²) in [6.07, 6.45) is 1.33. The number of carbonyl (C=O) groups excluding carboxylic acids is 2. The number of anilines is 1. The molecule has 1 heterocycles. The first-order valence-corrected chi connectivity index (χ1v) is 8.96. The molecule has 0 aliphatic carbocycles. The summed E-state index contributed by atoms with van der Waals surface area (Å²) < 4.78 is 22.4. The number of carbonyl (C=O) groups is 2. The number of amides is 3. The Kier molecular flexibility index (Phi) is 5.90. The number of rotatable bonds is 6. The molecule has 0 bridgehead atoms.